The zero-order chi connectivity index (χ0) is 27.1. The number of rotatable bonds is 12. The second kappa shape index (κ2) is 12.6. The van der Waals surface area contributed by atoms with Crippen LogP contribution in [0.1, 0.15) is 47.5 Å². The molecular formula is C26H33N7O4S. The van der Waals surface area contributed by atoms with Gasteiger partial charge in [0.25, 0.3) is 0 Å². The zero-order valence-corrected chi connectivity index (χ0v) is 21.9. The van der Waals surface area contributed by atoms with Crippen molar-refractivity contribution in [1.82, 2.24) is 20.1 Å². The highest BCUT2D eigenvalue weighted by atomic mass is 32.1. The van der Waals surface area contributed by atoms with Gasteiger partial charge in [0.1, 0.15) is 12.1 Å². The van der Waals surface area contributed by atoms with Gasteiger partial charge in [-0.15, -0.1) is 11.3 Å². The summed E-state index contributed by atoms with van der Waals surface area (Å²) in [7, 11) is 0. The maximum atomic E-state index is 13.3. The van der Waals surface area contributed by atoms with Crippen LogP contribution in [0.2, 0.25) is 0 Å². The number of ketones is 1. The summed E-state index contributed by atoms with van der Waals surface area (Å²) in [6.45, 7) is 0.749. The van der Waals surface area contributed by atoms with Gasteiger partial charge in [0.05, 0.1) is 12.6 Å². The van der Waals surface area contributed by atoms with Gasteiger partial charge in [-0.2, -0.15) is 0 Å². The number of benzene rings is 1. The van der Waals surface area contributed by atoms with E-state index in [4.69, 9.17) is 11.5 Å². The lowest BCUT2D eigenvalue weighted by atomic mass is 10.1. The molecule has 2 saturated heterocycles. The van der Waals surface area contributed by atoms with Crippen molar-refractivity contribution in [2.24, 2.45) is 16.5 Å². The number of nitrogens with one attached hydrogen (secondary N) is 1. The molecule has 2 aliphatic rings. The van der Waals surface area contributed by atoms with Crippen molar-refractivity contribution in [3.05, 3.63) is 52.5 Å². The minimum atomic E-state index is -0.841. The topological polar surface area (TPSA) is 164 Å². The molecule has 3 atom stereocenters. The third-order valence-electron chi connectivity index (χ3n) is 6.86. The Bertz CT molecular complexity index is 1170. The number of piperazine rings is 1. The molecule has 12 heteroatoms. The Labute approximate surface area is 225 Å². The first kappa shape index (κ1) is 27.2. The normalized spacial score (nSPS) is 19.7. The number of aliphatic imine (C=N–C) groups is 1. The number of aromatic nitrogens is 1. The SMILES string of the molecule is NC(N)=NCCC[C@@H](NC(=O)[C@@H]1CC[C@H]2C(=O)N(CCCc3ccccc3)CC(=O)N12)C(=O)c1nccs1. The van der Waals surface area contributed by atoms with Gasteiger partial charge in [-0.25, -0.2) is 4.98 Å². The molecule has 38 heavy (non-hydrogen) atoms. The van der Waals surface area contributed by atoms with Gasteiger partial charge >= 0.3 is 0 Å². The molecule has 0 bridgehead atoms. The van der Waals surface area contributed by atoms with E-state index in [9.17, 15) is 19.2 Å². The Morgan fingerprint density at radius 1 is 1.16 bits per heavy atom. The molecule has 0 spiro atoms. The number of guanidine groups is 1. The average molecular weight is 540 g/mol. The van der Waals surface area contributed by atoms with Gasteiger partial charge < -0.3 is 26.6 Å². The molecule has 2 aromatic rings. The monoisotopic (exact) mass is 539 g/mol. The summed E-state index contributed by atoms with van der Waals surface area (Å²) in [5, 5.41) is 4.80. The molecule has 0 aliphatic carbocycles. The standard InChI is InChI=1S/C26H33N7O4S/c27-26(28)30-12-4-9-18(22(35)24-29-13-15-38-24)31-23(36)19-10-11-20-25(37)32(16-21(34)33(19)20)14-5-8-17-6-2-1-3-7-17/h1-3,6-7,13,15,18-20H,4-5,8-12,14,16H2,(H,31,36)(H4,27,28,30)/t18-,19+,20+/m1/s1. The Kier molecular flexibility index (Phi) is 9.06. The van der Waals surface area contributed by atoms with E-state index >= 15 is 0 Å². The van der Waals surface area contributed by atoms with Crippen molar-refractivity contribution in [2.75, 3.05) is 19.6 Å². The minimum Gasteiger partial charge on any atom is -0.370 e. The molecule has 202 valence electrons. The number of thiazole rings is 1. The average Bonchev–Trinajstić information content (AvgIpc) is 3.60. The summed E-state index contributed by atoms with van der Waals surface area (Å²) < 4.78 is 0. The molecule has 4 rings (SSSR count). The van der Waals surface area contributed by atoms with Crippen LogP contribution in [0.15, 0.2) is 46.9 Å². The number of Topliss-reactive ketones (excluding diaryl/α,β-unsaturated/α-hetero) is 1. The van der Waals surface area contributed by atoms with Gasteiger partial charge in [-0.3, -0.25) is 24.2 Å². The second-order valence-electron chi connectivity index (χ2n) is 9.47. The summed E-state index contributed by atoms with van der Waals surface area (Å²) >= 11 is 1.19. The fraction of sp³-hybridized carbons (Fsp3) is 0.462. The Morgan fingerprint density at radius 2 is 1.95 bits per heavy atom. The molecule has 0 saturated carbocycles. The lowest BCUT2D eigenvalue weighted by Gasteiger charge is -2.38. The molecule has 11 nitrogen and oxygen atoms in total. The Hall–Kier alpha value is -3.80. The number of nitrogens with zero attached hydrogens (tertiary/aromatic N) is 4. The lowest BCUT2D eigenvalue weighted by molar-refractivity contribution is -0.157. The summed E-state index contributed by atoms with van der Waals surface area (Å²) in [4.78, 5) is 63.7. The second-order valence-corrected chi connectivity index (χ2v) is 10.4. The molecular weight excluding hydrogens is 506 g/mol. The maximum absolute atomic E-state index is 13.3. The maximum Gasteiger partial charge on any atom is 0.245 e. The predicted molar refractivity (Wildman–Crippen MR) is 143 cm³/mol. The van der Waals surface area contributed by atoms with Gasteiger partial charge in [0.2, 0.25) is 23.5 Å². The number of amides is 3. The van der Waals surface area contributed by atoms with Crippen LogP contribution in [0.4, 0.5) is 0 Å². The van der Waals surface area contributed by atoms with Crippen molar-refractivity contribution < 1.29 is 19.2 Å². The van der Waals surface area contributed by atoms with E-state index in [2.05, 4.69) is 15.3 Å². The number of hydrogen-bond donors (Lipinski definition) is 3. The third-order valence-corrected chi connectivity index (χ3v) is 7.64. The summed E-state index contributed by atoms with van der Waals surface area (Å²) in [5.41, 5.74) is 11.9. The summed E-state index contributed by atoms with van der Waals surface area (Å²) in [6.07, 6.45) is 4.63. The van der Waals surface area contributed by atoms with Crippen molar-refractivity contribution in [2.45, 2.75) is 56.7 Å². The molecule has 5 N–H and O–H groups in total. The van der Waals surface area contributed by atoms with Crippen LogP contribution < -0.4 is 16.8 Å². The van der Waals surface area contributed by atoms with Crippen LogP contribution in [0, 0.1) is 0 Å². The summed E-state index contributed by atoms with van der Waals surface area (Å²) in [5.74, 6) is -1.17. The highest BCUT2D eigenvalue weighted by molar-refractivity contribution is 7.11. The quantitative estimate of drug-likeness (QED) is 0.155. The smallest absolute Gasteiger partial charge is 0.245 e. The van der Waals surface area contributed by atoms with Crippen molar-refractivity contribution in [3.8, 4) is 0 Å². The van der Waals surface area contributed by atoms with E-state index in [1.807, 2.05) is 30.3 Å². The van der Waals surface area contributed by atoms with Gasteiger partial charge in [0, 0.05) is 24.7 Å². The van der Waals surface area contributed by atoms with Gasteiger partial charge in [-0.05, 0) is 44.1 Å². The number of nitrogens with two attached hydrogens (primary N) is 2. The molecule has 0 radical (unpaired) electrons. The first-order valence-electron chi connectivity index (χ1n) is 12.8. The number of fused-ring (bicyclic) bond motifs is 1. The number of carbonyl (C=O) groups excluding carboxylic acids is 4. The summed E-state index contributed by atoms with van der Waals surface area (Å²) in [6, 6.07) is 7.70. The van der Waals surface area contributed by atoms with Crippen LogP contribution >= 0.6 is 11.3 Å². The molecule has 3 amide bonds. The third kappa shape index (κ3) is 6.55. The van der Waals surface area contributed by atoms with Crippen LogP contribution in [0.25, 0.3) is 0 Å². The van der Waals surface area contributed by atoms with Crippen molar-refractivity contribution >= 4 is 40.8 Å². The highest BCUT2D eigenvalue weighted by Gasteiger charge is 2.49. The van der Waals surface area contributed by atoms with Crippen LogP contribution in [0.3, 0.4) is 0 Å². The van der Waals surface area contributed by atoms with Crippen molar-refractivity contribution in [1.29, 1.82) is 0 Å². The zero-order valence-electron chi connectivity index (χ0n) is 21.1. The molecule has 1 aromatic heterocycles. The molecule has 0 unspecified atom stereocenters. The fourth-order valence-electron chi connectivity index (χ4n) is 5.03. The minimum absolute atomic E-state index is 0.0452. The van der Waals surface area contributed by atoms with E-state index in [0.29, 0.717) is 38.8 Å². The molecule has 2 aliphatic heterocycles. The number of carbonyl (C=O) groups is 4. The molecule has 2 fully saturated rings. The first-order chi connectivity index (χ1) is 18.3. The van der Waals surface area contributed by atoms with Gasteiger partial charge in [-0.1, -0.05) is 30.3 Å². The van der Waals surface area contributed by atoms with E-state index in [1.54, 1.807) is 10.3 Å². The highest BCUT2D eigenvalue weighted by Crippen LogP contribution is 2.30. The van der Waals surface area contributed by atoms with Crippen LogP contribution in [-0.2, 0) is 20.8 Å². The fourth-order valence-corrected chi connectivity index (χ4v) is 5.67. The molecule has 1 aromatic carbocycles. The largest absolute Gasteiger partial charge is 0.370 e. The Balaban J connectivity index is 1.37. The van der Waals surface area contributed by atoms with E-state index in [1.165, 1.54) is 28.0 Å². The van der Waals surface area contributed by atoms with E-state index in [-0.39, 0.29) is 35.1 Å². The lowest BCUT2D eigenvalue weighted by Crippen LogP contribution is -2.62. The Morgan fingerprint density at radius 3 is 2.66 bits per heavy atom. The van der Waals surface area contributed by atoms with E-state index in [0.717, 1.165) is 12.8 Å². The predicted octanol–water partition coefficient (Wildman–Crippen LogP) is 0.699. The van der Waals surface area contributed by atoms with Crippen LogP contribution in [0.5, 0.6) is 0 Å². The first-order valence-corrected chi connectivity index (χ1v) is 13.7. The van der Waals surface area contributed by atoms with Crippen molar-refractivity contribution in [3.63, 3.8) is 0 Å². The van der Waals surface area contributed by atoms with E-state index < -0.39 is 24.0 Å². The van der Waals surface area contributed by atoms with Crippen LogP contribution in [-0.4, -0.2) is 82.0 Å². The number of hydrogen-bond acceptors (Lipinski definition) is 7. The number of aryl methyl sites for hydroxylation is 1. The van der Waals surface area contributed by atoms with Gasteiger partial charge in [0.15, 0.2) is 11.0 Å². The molecule has 3 heterocycles.